The van der Waals surface area contributed by atoms with Crippen LogP contribution in [0.25, 0.3) is 10.8 Å². The molecule has 4 rings (SSSR count). The number of benzene rings is 1. The molecule has 0 N–H and O–H groups in total. The van der Waals surface area contributed by atoms with E-state index in [4.69, 9.17) is 9.47 Å². The van der Waals surface area contributed by atoms with Gasteiger partial charge in [-0.05, 0) is 23.6 Å². The first-order chi connectivity index (χ1) is 12.2. The summed E-state index contributed by atoms with van der Waals surface area (Å²) >= 11 is 0. The first-order valence-corrected chi connectivity index (χ1v) is 8.14. The van der Waals surface area contributed by atoms with Gasteiger partial charge in [0.2, 0.25) is 6.79 Å². The van der Waals surface area contributed by atoms with Crippen molar-refractivity contribution < 1.29 is 19.4 Å². The van der Waals surface area contributed by atoms with Crippen LogP contribution in [0, 0.1) is 10.1 Å². The predicted octanol–water partition coefficient (Wildman–Crippen LogP) is 1.29. The Bertz CT molecular complexity index is 791. The molecule has 1 saturated heterocycles. The summed E-state index contributed by atoms with van der Waals surface area (Å²) in [6.45, 7) is 4.13. The van der Waals surface area contributed by atoms with Gasteiger partial charge in [0.25, 0.3) is 5.09 Å². The number of pyridine rings is 1. The number of rotatable bonds is 5. The normalized spacial score (nSPS) is 17.0. The van der Waals surface area contributed by atoms with Crippen molar-refractivity contribution in [2.24, 2.45) is 0 Å². The predicted molar refractivity (Wildman–Crippen MR) is 89.5 cm³/mol. The average Bonchev–Trinajstić information content (AvgIpc) is 3.07. The zero-order valence-corrected chi connectivity index (χ0v) is 13.6. The van der Waals surface area contributed by atoms with E-state index >= 15 is 0 Å². The molecule has 0 atom stereocenters. The Kier molecular flexibility index (Phi) is 4.14. The third kappa shape index (κ3) is 3.22. The standard InChI is InChI=1S/C16H18N4O5/c21-20(22)25-8-7-18-3-5-19(6-4-18)16-13-10-15-14(23-11-24-15)9-12(13)1-2-17-16/h1-2,9-10H,3-8,11H2. The number of anilines is 1. The Balaban J connectivity index is 1.47. The lowest BCUT2D eigenvalue weighted by atomic mass is 10.1. The third-order valence-corrected chi connectivity index (χ3v) is 4.51. The highest BCUT2D eigenvalue weighted by atomic mass is 16.9. The number of fused-ring (bicyclic) bond motifs is 2. The van der Waals surface area contributed by atoms with Crippen molar-refractivity contribution in [3.8, 4) is 11.5 Å². The third-order valence-electron chi connectivity index (χ3n) is 4.51. The van der Waals surface area contributed by atoms with Gasteiger partial charge in [-0.1, -0.05) is 0 Å². The summed E-state index contributed by atoms with van der Waals surface area (Å²) in [5.41, 5.74) is 0. The lowest BCUT2D eigenvalue weighted by Crippen LogP contribution is -2.47. The maximum Gasteiger partial charge on any atom is 0.294 e. The van der Waals surface area contributed by atoms with Gasteiger partial charge in [-0.3, -0.25) is 4.90 Å². The van der Waals surface area contributed by atoms with Gasteiger partial charge in [-0.2, -0.15) is 0 Å². The minimum atomic E-state index is -0.749. The summed E-state index contributed by atoms with van der Waals surface area (Å²) in [6, 6.07) is 5.93. The van der Waals surface area contributed by atoms with Gasteiger partial charge in [-0.15, -0.1) is 10.1 Å². The van der Waals surface area contributed by atoms with Crippen molar-refractivity contribution in [2.75, 3.05) is 51.0 Å². The number of aromatic nitrogens is 1. The van der Waals surface area contributed by atoms with E-state index in [1.807, 2.05) is 18.2 Å². The van der Waals surface area contributed by atoms with Crippen LogP contribution in [0.1, 0.15) is 0 Å². The molecule has 9 nitrogen and oxygen atoms in total. The SMILES string of the molecule is O=[N+]([O-])OCCN1CCN(c2nccc3cc4c(cc23)OCO4)CC1. The van der Waals surface area contributed by atoms with E-state index in [0.29, 0.717) is 6.54 Å². The second-order valence-corrected chi connectivity index (χ2v) is 5.95. The van der Waals surface area contributed by atoms with Crippen LogP contribution in [-0.4, -0.2) is 61.1 Å². The Hall–Kier alpha value is -2.81. The largest absolute Gasteiger partial charge is 0.454 e. The van der Waals surface area contributed by atoms with Gasteiger partial charge in [0.15, 0.2) is 11.5 Å². The van der Waals surface area contributed by atoms with Crippen LogP contribution in [-0.2, 0) is 4.84 Å². The Morgan fingerprint density at radius 3 is 2.72 bits per heavy atom. The highest BCUT2D eigenvalue weighted by molar-refractivity contribution is 5.94. The van der Waals surface area contributed by atoms with Crippen LogP contribution in [0.5, 0.6) is 11.5 Å². The summed E-state index contributed by atoms with van der Waals surface area (Å²) in [4.78, 5) is 23.5. The Morgan fingerprint density at radius 1 is 1.20 bits per heavy atom. The van der Waals surface area contributed by atoms with E-state index in [2.05, 4.69) is 19.6 Å². The monoisotopic (exact) mass is 346 g/mol. The number of nitrogens with zero attached hydrogens (tertiary/aromatic N) is 4. The summed E-state index contributed by atoms with van der Waals surface area (Å²) < 4.78 is 10.9. The summed E-state index contributed by atoms with van der Waals surface area (Å²) in [7, 11) is 0. The number of hydrogen-bond acceptors (Lipinski definition) is 8. The molecule has 2 aliphatic heterocycles. The van der Waals surface area contributed by atoms with Gasteiger partial charge in [0.1, 0.15) is 12.4 Å². The fourth-order valence-corrected chi connectivity index (χ4v) is 3.23. The van der Waals surface area contributed by atoms with Gasteiger partial charge >= 0.3 is 0 Å². The van der Waals surface area contributed by atoms with E-state index in [-0.39, 0.29) is 13.4 Å². The van der Waals surface area contributed by atoms with Crippen molar-refractivity contribution >= 4 is 16.6 Å². The average molecular weight is 346 g/mol. The second-order valence-electron chi connectivity index (χ2n) is 5.95. The molecule has 1 aromatic heterocycles. The van der Waals surface area contributed by atoms with Crippen LogP contribution >= 0.6 is 0 Å². The molecule has 1 fully saturated rings. The van der Waals surface area contributed by atoms with Crippen molar-refractivity contribution in [1.82, 2.24) is 9.88 Å². The molecular weight excluding hydrogens is 328 g/mol. The molecule has 1 aromatic carbocycles. The fraction of sp³-hybridized carbons (Fsp3) is 0.438. The van der Waals surface area contributed by atoms with E-state index in [1.54, 1.807) is 6.20 Å². The molecule has 2 aromatic rings. The molecule has 25 heavy (non-hydrogen) atoms. The van der Waals surface area contributed by atoms with Crippen molar-refractivity contribution in [3.63, 3.8) is 0 Å². The zero-order chi connectivity index (χ0) is 17.2. The molecule has 0 unspecified atom stereocenters. The Morgan fingerprint density at radius 2 is 1.96 bits per heavy atom. The van der Waals surface area contributed by atoms with E-state index in [1.165, 1.54) is 0 Å². The lowest BCUT2D eigenvalue weighted by Gasteiger charge is -2.35. The maximum atomic E-state index is 10.2. The van der Waals surface area contributed by atoms with Crippen molar-refractivity contribution in [2.45, 2.75) is 0 Å². The number of hydrogen-bond donors (Lipinski definition) is 0. The van der Waals surface area contributed by atoms with Gasteiger partial charge < -0.3 is 19.2 Å². The van der Waals surface area contributed by atoms with Gasteiger partial charge in [0.05, 0.1) is 0 Å². The first-order valence-electron chi connectivity index (χ1n) is 8.14. The minimum Gasteiger partial charge on any atom is -0.454 e. The molecule has 0 spiro atoms. The first kappa shape index (κ1) is 15.7. The van der Waals surface area contributed by atoms with Crippen LogP contribution in [0.2, 0.25) is 0 Å². The van der Waals surface area contributed by atoms with E-state index in [0.717, 1.165) is 54.3 Å². The van der Waals surface area contributed by atoms with Crippen LogP contribution < -0.4 is 14.4 Å². The number of ether oxygens (including phenoxy) is 2. The molecule has 0 radical (unpaired) electrons. The fourth-order valence-electron chi connectivity index (χ4n) is 3.23. The highest BCUT2D eigenvalue weighted by Crippen LogP contribution is 2.38. The molecule has 2 aliphatic rings. The highest BCUT2D eigenvalue weighted by Gasteiger charge is 2.22. The maximum absolute atomic E-state index is 10.2. The molecule has 9 heteroatoms. The molecule has 0 saturated carbocycles. The number of piperazine rings is 1. The van der Waals surface area contributed by atoms with Gasteiger partial charge in [0, 0.05) is 44.3 Å². The van der Waals surface area contributed by atoms with Crippen LogP contribution in [0.15, 0.2) is 24.4 Å². The quantitative estimate of drug-likeness (QED) is 0.591. The topological polar surface area (TPSA) is 90.2 Å². The van der Waals surface area contributed by atoms with Crippen molar-refractivity contribution in [1.29, 1.82) is 0 Å². The van der Waals surface area contributed by atoms with Gasteiger partial charge in [-0.25, -0.2) is 4.98 Å². The van der Waals surface area contributed by atoms with Crippen molar-refractivity contribution in [3.05, 3.63) is 34.5 Å². The lowest BCUT2D eigenvalue weighted by molar-refractivity contribution is -0.757. The summed E-state index contributed by atoms with van der Waals surface area (Å²) in [5.74, 6) is 2.44. The molecule has 0 amide bonds. The molecule has 3 heterocycles. The van der Waals surface area contributed by atoms with Crippen LogP contribution in [0.4, 0.5) is 5.82 Å². The minimum absolute atomic E-state index is 0.100. The molecular formula is C16H18N4O5. The zero-order valence-electron chi connectivity index (χ0n) is 13.6. The molecule has 0 aliphatic carbocycles. The molecule has 0 bridgehead atoms. The van der Waals surface area contributed by atoms with Crippen LogP contribution in [0.3, 0.4) is 0 Å². The second kappa shape index (κ2) is 6.60. The smallest absolute Gasteiger partial charge is 0.294 e. The summed E-state index contributed by atoms with van der Waals surface area (Å²) in [5, 5.41) is 11.6. The van der Waals surface area contributed by atoms with E-state index in [9.17, 15) is 10.1 Å². The molecule has 132 valence electrons. The van der Waals surface area contributed by atoms with E-state index < -0.39 is 5.09 Å². The summed E-state index contributed by atoms with van der Waals surface area (Å²) in [6.07, 6.45) is 1.80. The Labute approximate surface area is 143 Å².